The second-order valence-corrected chi connectivity index (χ2v) is 9.29. The highest BCUT2D eigenvalue weighted by atomic mass is 32.2. The second-order valence-electron chi connectivity index (χ2n) is 7.36. The molecule has 2 aromatic rings. The molecule has 1 heterocycles. The third-order valence-electron chi connectivity index (χ3n) is 5.19. The van der Waals surface area contributed by atoms with Crippen molar-refractivity contribution in [3.8, 4) is 11.5 Å². The number of hydrogen-bond acceptors (Lipinski definition) is 6. The molecule has 0 radical (unpaired) electrons. The van der Waals surface area contributed by atoms with Gasteiger partial charge >= 0.3 is 0 Å². The number of nitrogens with one attached hydrogen (secondary N) is 1. The number of carbonyl (C=O) groups is 1. The minimum absolute atomic E-state index is 0.0807. The Morgan fingerprint density at radius 2 is 1.75 bits per heavy atom. The first-order valence-electron chi connectivity index (χ1n) is 10.7. The Bertz CT molecular complexity index is 1000. The summed E-state index contributed by atoms with van der Waals surface area (Å²) in [5, 5.41) is 2.90. The molecule has 3 rings (SSSR count). The first-order chi connectivity index (χ1) is 15.4. The molecule has 0 aliphatic carbocycles. The zero-order valence-corrected chi connectivity index (χ0v) is 19.3. The number of aryl methyl sites for hydroxylation is 1. The number of rotatable bonds is 10. The van der Waals surface area contributed by atoms with Gasteiger partial charge < -0.3 is 19.5 Å². The van der Waals surface area contributed by atoms with Crippen LogP contribution in [0.25, 0.3) is 0 Å². The van der Waals surface area contributed by atoms with Crippen LogP contribution >= 0.6 is 0 Å². The van der Waals surface area contributed by atoms with Crippen molar-refractivity contribution in [1.82, 2.24) is 9.62 Å². The van der Waals surface area contributed by atoms with Gasteiger partial charge in [0.15, 0.2) is 11.5 Å². The summed E-state index contributed by atoms with van der Waals surface area (Å²) in [6.45, 7) is 4.40. The van der Waals surface area contributed by atoms with E-state index >= 15 is 0 Å². The molecule has 1 aliphatic rings. The summed E-state index contributed by atoms with van der Waals surface area (Å²) in [7, 11) is -1.93. The molecule has 0 spiro atoms. The summed E-state index contributed by atoms with van der Waals surface area (Å²) >= 11 is 0. The number of ether oxygens (including phenoxy) is 3. The van der Waals surface area contributed by atoms with Gasteiger partial charge in [-0.15, -0.1) is 0 Å². The fourth-order valence-corrected chi connectivity index (χ4v) is 4.82. The lowest BCUT2D eigenvalue weighted by Gasteiger charge is -2.26. The Labute approximate surface area is 189 Å². The number of carbonyl (C=O) groups excluding carboxylic acids is 1. The van der Waals surface area contributed by atoms with Crippen LogP contribution in [0.2, 0.25) is 0 Å². The molecule has 1 saturated heterocycles. The molecule has 0 saturated carbocycles. The lowest BCUT2D eigenvalue weighted by atomic mass is 10.1. The maximum absolute atomic E-state index is 12.7. The van der Waals surface area contributed by atoms with Crippen molar-refractivity contribution in [3.05, 3.63) is 53.6 Å². The molecule has 0 bridgehead atoms. The second kappa shape index (κ2) is 11.3. The topological polar surface area (TPSA) is 94.2 Å². The molecule has 2 aromatic carbocycles. The maximum Gasteiger partial charge on any atom is 0.243 e. The van der Waals surface area contributed by atoms with Crippen LogP contribution in [-0.4, -0.2) is 58.7 Å². The monoisotopic (exact) mass is 462 g/mol. The first-order valence-corrected chi connectivity index (χ1v) is 12.1. The van der Waals surface area contributed by atoms with E-state index in [-0.39, 0.29) is 10.8 Å². The van der Waals surface area contributed by atoms with Crippen LogP contribution in [0.3, 0.4) is 0 Å². The van der Waals surface area contributed by atoms with Gasteiger partial charge in [0.25, 0.3) is 0 Å². The Kier molecular flexibility index (Phi) is 8.49. The number of morpholine rings is 1. The van der Waals surface area contributed by atoms with Crippen LogP contribution in [0.5, 0.6) is 11.5 Å². The first kappa shape index (κ1) is 24.0. The number of nitrogens with zero attached hydrogens (tertiary/aromatic N) is 1. The fourth-order valence-electron chi connectivity index (χ4n) is 3.41. The molecule has 9 heteroatoms. The van der Waals surface area contributed by atoms with Gasteiger partial charge in [0.2, 0.25) is 15.9 Å². The molecule has 1 fully saturated rings. The molecule has 8 nitrogen and oxygen atoms in total. The van der Waals surface area contributed by atoms with Crippen molar-refractivity contribution in [3.63, 3.8) is 0 Å². The molecule has 1 amide bonds. The van der Waals surface area contributed by atoms with E-state index < -0.39 is 10.0 Å². The average molecular weight is 463 g/mol. The fraction of sp³-hybridized carbons (Fsp3) is 0.435. The number of sulfonamides is 1. The maximum atomic E-state index is 12.7. The van der Waals surface area contributed by atoms with Crippen LogP contribution in [0.1, 0.15) is 24.5 Å². The molecule has 0 atom stereocenters. The predicted octanol–water partition coefficient (Wildman–Crippen LogP) is 2.36. The zero-order valence-electron chi connectivity index (χ0n) is 18.5. The number of methoxy groups -OCH3 is 1. The van der Waals surface area contributed by atoms with E-state index in [0.717, 1.165) is 11.1 Å². The quantitative estimate of drug-likeness (QED) is 0.583. The number of amides is 1. The van der Waals surface area contributed by atoms with Crippen LogP contribution in [0.4, 0.5) is 0 Å². The van der Waals surface area contributed by atoms with Gasteiger partial charge in [0, 0.05) is 26.1 Å². The van der Waals surface area contributed by atoms with Crippen molar-refractivity contribution >= 4 is 15.9 Å². The van der Waals surface area contributed by atoms with Crippen molar-refractivity contribution in [2.24, 2.45) is 0 Å². The highest BCUT2D eigenvalue weighted by molar-refractivity contribution is 7.89. The standard InChI is InChI=1S/C23H30N2O6S/c1-3-31-21-10-6-19(16-22(21)29-2)17-24-23(26)11-7-18-4-8-20(9-5-18)32(27,28)25-12-14-30-15-13-25/h4-6,8-10,16H,3,7,11-15,17H2,1-2H3,(H,24,26). The van der Waals surface area contributed by atoms with Gasteiger partial charge in [0.05, 0.1) is 31.8 Å². The lowest BCUT2D eigenvalue weighted by molar-refractivity contribution is -0.121. The van der Waals surface area contributed by atoms with E-state index in [9.17, 15) is 13.2 Å². The SMILES string of the molecule is CCOc1ccc(CNC(=O)CCc2ccc(S(=O)(=O)N3CCOCC3)cc2)cc1OC. The lowest BCUT2D eigenvalue weighted by Crippen LogP contribution is -2.40. The van der Waals surface area contributed by atoms with Gasteiger partial charge in [-0.25, -0.2) is 8.42 Å². The zero-order chi connectivity index (χ0) is 23.0. The average Bonchev–Trinajstić information content (AvgIpc) is 2.83. The third-order valence-corrected chi connectivity index (χ3v) is 7.10. The van der Waals surface area contributed by atoms with E-state index in [4.69, 9.17) is 14.2 Å². The summed E-state index contributed by atoms with van der Waals surface area (Å²) in [5.74, 6) is 1.22. The van der Waals surface area contributed by atoms with Gasteiger partial charge in [0.1, 0.15) is 0 Å². The normalized spacial score (nSPS) is 14.7. The van der Waals surface area contributed by atoms with Gasteiger partial charge in [-0.3, -0.25) is 4.79 Å². The Balaban J connectivity index is 1.50. The van der Waals surface area contributed by atoms with Gasteiger partial charge in [-0.2, -0.15) is 4.31 Å². The Hall–Kier alpha value is -2.62. The van der Waals surface area contributed by atoms with E-state index in [0.29, 0.717) is 63.8 Å². The molecule has 1 N–H and O–H groups in total. The van der Waals surface area contributed by atoms with Crippen molar-refractivity contribution in [2.45, 2.75) is 31.2 Å². The summed E-state index contributed by atoms with van der Waals surface area (Å²) < 4.78 is 42.9. The molecule has 0 aromatic heterocycles. The van der Waals surface area contributed by atoms with E-state index in [1.54, 1.807) is 31.4 Å². The summed E-state index contributed by atoms with van der Waals surface area (Å²) in [5.41, 5.74) is 1.82. The third kappa shape index (κ3) is 6.21. The number of hydrogen-bond donors (Lipinski definition) is 1. The largest absolute Gasteiger partial charge is 0.493 e. The minimum atomic E-state index is -3.51. The smallest absolute Gasteiger partial charge is 0.243 e. The summed E-state index contributed by atoms with van der Waals surface area (Å²) in [4.78, 5) is 12.5. The Morgan fingerprint density at radius 3 is 2.41 bits per heavy atom. The molecule has 32 heavy (non-hydrogen) atoms. The molecule has 1 aliphatic heterocycles. The molecule has 0 unspecified atom stereocenters. The van der Waals surface area contributed by atoms with Crippen molar-refractivity contribution < 1.29 is 27.4 Å². The predicted molar refractivity (Wildman–Crippen MR) is 120 cm³/mol. The van der Waals surface area contributed by atoms with E-state index in [1.165, 1.54) is 4.31 Å². The molecule has 174 valence electrons. The van der Waals surface area contributed by atoms with Crippen LogP contribution in [-0.2, 0) is 32.5 Å². The minimum Gasteiger partial charge on any atom is -0.493 e. The van der Waals surface area contributed by atoms with Crippen LogP contribution < -0.4 is 14.8 Å². The van der Waals surface area contributed by atoms with E-state index in [1.807, 2.05) is 25.1 Å². The van der Waals surface area contributed by atoms with E-state index in [2.05, 4.69) is 5.32 Å². The van der Waals surface area contributed by atoms with Crippen molar-refractivity contribution in [2.75, 3.05) is 40.0 Å². The highest BCUT2D eigenvalue weighted by Gasteiger charge is 2.26. The van der Waals surface area contributed by atoms with Crippen LogP contribution in [0, 0.1) is 0 Å². The van der Waals surface area contributed by atoms with Crippen molar-refractivity contribution in [1.29, 1.82) is 0 Å². The molecular formula is C23H30N2O6S. The van der Waals surface area contributed by atoms with Gasteiger partial charge in [-0.1, -0.05) is 18.2 Å². The molecular weight excluding hydrogens is 432 g/mol. The van der Waals surface area contributed by atoms with Gasteiger partial charge in [-0.05, 0) is 48.7 Å². The van der Waals surface area contributed by atoms with Crippen LogP contribution in [0.15, 0.2) is 47.4 Å². The summed E-state index contributed by atoms with van der Waals surface area (Å²) in [6, 6.07) is 12.3. The summed E-state index contributed by atoms with van der Waals surface area (Å²) in [6.07, 6.45) is 0.833. The number of benzene rings is 2. The highest BCUT2D eigenvalue weighted by Crippen LogP contribution is 2.28. The Morgan fingerprint density at radius 1 is 1.06 bits per heavy atom.